The normalized spacial score (nSPS) is 17.8. The predicted molar refractivity (Wildman–Crippen MR) is 137 cm³/mol. The molecular formula is C27H31F2N5O4. The largest absolute Gasteiger partial charge is 0.378 e. The Morgan fingerprint density at radius 3 is 2.47 bits per heavy atom. The molecule has 0 radical (unpaired) electrons. The van der Waals surface area contributed by atoms with Gasteiger partial charge in [-0.05, 0) is 42.8 Å². The van der Waals surface area contributed by atoms with E-state index in [-0.39, 0.29) is 11.7 Å². The van der Waals surface area contributed by atoms with Gasteiger partial charge in [-0.15, -0.1) is 0 Å². The molecule has 1 amide bonds. The molecule has 2 aliphatic heterocycles. The Labute approximate surface area is 220 Å². The highest BCUT2D eigenvalue weighted by Gasteiger charge is 2.24. The van der Waals surface area contributed by atoms with Gasteiger partial charge in [0.15, 0.2) is 0 Å². The number of amides is 1. The summed E-state index contributed by atoms with van der Waals surface area (Å²) in [4.78, 5) is 26.3. The number of halogens is 2. The van der Waals surface area contributed by atoms with Gasteiger partial charge in [0, 0.05) is 55.4 Å². The van der Waals surface area contributed by atoms with Crippen LogP contribution in [0, 0.1) is 6.92 Å². The standard InChI is InChI=1S/C19H23N3O3.C8H8F2N2O/c1-14-16(3-2-4-20-14)15-11-17(18-13-24-9-10-25-18)21-19(12-15)22-5-7-23-8-6-22;1-8(9,10)12-7(13)6-2-4-11-5-3-6/h2-4,11-12,18H,5-10,13H2,1H3;2-5H,1H3,(H,12,13). The molecule has 0 spiro atoms. The van der Waals surface area contributed by atoms with Crippen LogP contribution in [0.2, 0.25) is 0 Å². The van der Waals surface area contributed by atoms with Crippen molar-refractivity contribution in [3.63, 3.8) is 0 Å². The zero-order valence-corrected chi connectivity index (χ0v) is 21.4. The van der Waals surface area contributed by atoms with Gasteiger partial charge in [-0.2, -0.15) is 8.78 Å². The van der Waals surface area contributed by atoms with E-state index in [1.165, 1.54) is 29.8 Å². The molecule has 0 bridgehead atoms. The first kappa shape index (κ1) is 27.5. The molecule has 1 unspecified atom stereocenters. The lowest BCUT2D eigenvalue weighted by Gasteiger charge is -2.30. The SMILES string of the molecule is CC(F)(F)NC(=O)c1ccncc1.Cc1ncccc1-c1cc(C2COCCO2)nc(N2CCOCC2)c1. The number of aryl methyl sites for hydroxylation is 1. The number of hydrogen-bond acceptors (Lipinski definition) is 8. The van der Waals surface area contributed by atoms with Gasteiger partial charge < -0.3 is 19.1 Å². The zero-order valence-electron chi connectivity index (χ0n) is 21.4. The number of rotatable bonds is 5. The maximum atomic E-state index is 12.3. The summed E-state index contributed by atoms with van der Waals surface area (Å²) in [5, 5.41) is 1.54. The highest BCUT2D eigenvalue weighted by Crippen LogP contribution is 2.30. The van der Waals surface area contributed by atoms with Crippen LogP contribution in [-0.2, 0) is 14.2 Å². The number of carbonyl (C=O) groups is 1. The van der Waals surface area contributed by atoms with Crippen LogP contribution in [0.1, 0.15) is 34.8 Å². The summed E-state index contributed by atoms with van der Waals surface area (Å²) in [5.74, 6) is 0.156. The van der Waals surface area contributed by atoms with Crippen molar-refractivity contribution in [1.82, 2.24) is 20.3 Å². The third-order valence-corrected chi connectivity index (χ3v) is 5.91. The first-order valence-electron chi connectivity index (χ1n) is 12.4. The van der Waals surface area contributed by atoms with Crippen molar-refractivity contribution in [3.05, 3.63) is 71.9 Å². The monoisotopic (exact) mass is 527 g/mol. The Kier molecular flexibility index (Phi) is 9.27. The quantitative estimate of drug-likeness (QED) is 0.501. The molecule has 1 atom stereocenters. The molecule has 202 valence electrons. The maximum absolute atomic E-state index is 12.3. The van der Waals surface area contributed by atoms with Crippen LogP contribution in [0.25, 0.3) is 11.1 Å². The fourth-order valence-electron chi connectivity index (χ4n) is 4.03. The second-order valence-electron chi connectivity index (χ2n) is 8.89. The van der Waals surface area contributed by atoms with Crippen LogP contribution in [0.3, 0.4) is 0 Å². The van der Waals surface area contributed by atoms with E-state index in [9.17, 15) is 13.6 Å². The number of nitrogens with one attached hydrogen (secondary N) is 1. The van der Waals surface area contributed by atoms with Gasteiger partial charge in [0.25, 0.3) is 5.91 Å². The first-order chi connectivity index (χ1) is 18.3. The maximum Gasteiger partial charge on any atom is 0.322 e. The van der Waals surface area contributed by atoms with Gasteiger partial charge in [0.05, 0.1) is 38.7 Å². The lowest BCUT2D eigenvalue weighted by Crippen LogP contribution is -2.38. The van der Waals surface area contributed by atoms with Gasteiger partial charge in [-0.25, -0.2) is 4.98 Å². The Morgan fingerprint density at radius 2 is 1.82 bits per heavy atom. The van der Waals surface area contributed by atoms with Crippen LogP contribution in [0.4, 0.5) is 14.6 Å². The van der Waals surface area contributed by atoms with Crippen molar-refractivity contribution in [3.8, 4) is 11.1 Å². The molecule has 5 heterocycles. The summed E-state index contributed by atoms with van der Waals surface area (Å²) in [6.07, 6.45) is 4.43. The average molecular weight is 528 g/mol. The molecule has 9 nitrogen and oxygen atoms in total. The van der Waals surface area contributed by atoms with Gasteiger partial charge in [-0.3, -0.25) is 20.1 Å². The Bertz CT molecular complexity index is 1160. The summed E-state index contributed by atoms with van der Waals surface area (Å²) >= 11 is 0. The van der Waals surface area contributed by atoms with Crippen molar-refractivity contribution in [2.75, 3.05) is 51.0 Å². The molecule has 2 aliphatic rings. The summed E-state index contributed by atoms with van der Waals surface area (Å²) in [7, 11) is 0. The molecular weight excluding hydrogens is 496 g/mol. The predicted octanol–water partition coefficient (Wildman–Crippen LogP) is 3.80. The molecule has 0 aliphatic carbocycles. The topological polar surface area (TPSA) is 98.7 Å². The number of morpholine rings is 1. The molecule has 1 N–H and O–H groups in total. The molecule has 2 fully saturated rings. The minimum absolute atomic E-state index is 0.120. The van der Waals surface area contributed by atoms with Gasteiger partial charge in [0.2, 0.25) is 0 Å². The van der Waals surface area contributed by atoms with Gasteiger partial charge in [-0.1, -0.05) is 6.07 Å². The van der Waals surface area contributed by atoms with Crippen LogP contribution in [0.5, 0.6) is 0 Å². The molecule has 2 saturated heterocycles. The smallest absolute Gasteiger partial charge is 0.322 e. The lowest BCUT2D eigenvalue weighted by atomic mass is 10.0. The van der Waals surface area contributed by atoms with E-state index >= 15 is 0 Å². The molecule has 0 saturated carbocycles. The number of alkyl halides is 2. The van der Waals surface area contributed by atoms with Crippen LogP contribution < -0.4 is 10.2 Å². The Morgan fingerprint density at radius 1 is 1.05 bits per heavy atom. The first-order valence-corrected chi connectivity index (χ1v) is 12.4. The minimum atomic E-state index is -3.19. The Balaban J connectivity index is 0.000000219. The number of nitrogens with zero attached hydrogens (tertiary/aromatic N) is 4. The summed E-state index contributed by atoms with van der Waals surface area (Å²) in [6.45, 7) is 7.62. The van der Waals surface area contributed by atoms with Gasteiger partial charge in [0.1, 0.15) is 11.9 Å². The van der Waals surface area contributed by atoms with Crippen molar-refractivity contribution >= 4 is 11.7 Å². The van der Waals surface area contributed by atoms with Crippen molar-refractivity contribution in [2.45, 2.75) is 26.0 Å². The number of aromatic nitrogens is 3. The van der Waals surface area contributed by atoms with Crippen LogP contribution in [-0.4, -0.2) is 73.0 Å². The molecule has 11 heteroatoms. The summed E-state index contributed by atoms with van der Waals surface area (Å²) in [5.41, 5.74) is 4.33. The molecule has 3 aromatic rings. The fraction of sp³-hybridized carbons (Fsp3) is 0.407. The van der Waals surface area contributed by atoms with Crippen LogP contribution >= 0.6 is 0 Å². The number of pyridine rings is 3. The second kappa shape index (κ2) is 12.8. The minimum Gasteiger partial charge on any atom is -0.378 e. The lowest BCUT2D eigenvalue weighted by molar-refractivity contribution is -0.0917. The third kappa shape index (κ3) is 7.73. The second-order valence-corrected chi connectivity index (χ2v) is 8.89. The molecule has 0 aromatic carbocycles. The highest BCUT2D eigenvalue weighted by molar-refractivity contribution is 5.94. The molecule has 38 heavy (non-hydrogen) atoms. The summed E-state index contributed by atoms with van der Waals surface area (Å²) in [6, 6.07) is 7.85. The van der Waals surface area contributed by atoms with Crippen molar-refractivity contribution < 1.29 is 27.8 Å². The van der Waals surface area contributed by atoms with E-state index in [4.69, 9.17) is 19.2 Å². The van der Waals surface area contributed by atoms with E-state index in [0.717, 1.165) is 54.6 Å². The number of anilines is 1. The molecule has 5 rings (SSSR count). The Hall–Kier alpha value is -3.54. The fourth-order valence-corrected chi connectivity index (χ4v) is 4.03. The van der Waals surface area contributed by atoms with Crippen LogP contribution in [0.15, 0.2) is 55.0 Å². The third-order valence-electron chi connectivity index (χ3n) is 5.91. The van der Waals surface area contributed by atoms with E-state index in [2.05, 4.69) is 33.1 Å². The summed E-state index contributed by atoms with van der Waals surface area (Å²) < 4.78 is 41.6. The van der Waals surface area contributed by atoms with E-state index < -0.39 is 12.0 Å². The van der Waals surface area contributed by atoms with Crippen molar-refractivity contribution in [1.29, 1.82) is 0 Å². The van der Waals surface area contributed by atoms with E-state index in [0.29, 0.717) is 26.7 Å². The van der Waals surface area contributed by atoms with Crippen molar-refractivity contribution in [2.24, 2.45) is 0 Å². The average Bonchev–Trinajstić information content (AvgIpc) is 2.94. The van der Waals surface area contributed by atoms with Gasteiger partial charge >= 0.3 is 6.05 Å². The number of carbonyl (C=O) groups excluding carboxylic acids is 1. The zero-order chi connectivity index (χ0) is 27.0. The van der Waals surface area contributed by atoms with E-state index in [1.54, 1.807) is 0 Å². The molecule has 3 aromatic heterocycles. The number of hydrogen-bond donors (Lipinski definition) is 1. The highest BCUT2D eigenvalue weighted by atomic mass is 19.3. The number of ether oxygens (including phenoxy) is 3. The van der Waals surface area contributed by atoms with E-state index in [1.807, 2.05) is 19.2 Å².